The number of halogens is 1. The van der Waals surface area contributed by atoms with Crippen LogP contribution < -0.4 is 10.1 Å². The van der Waals surface area contributed by atoms with E-state index in [1.807, 2.05) is 6.07 Å². The van der Waals surface area contributed by atoms with Gasteiger partial charge in [-0.3, -0.25) is 4.21 Å². The second kappa shape index (κ2) is 7.57. The molecular formula is C15H22BrNO2S. The monoisotopic (exact) mass is 359 g/mol. The van der Waals surface area contributed by atoms with Gasteiger partial charge in [-0.15, -0.1) is 0 Å². The largest absolute Gasteiger partial charge is 0.493 e. The fourth-order valence-corrected chi connectivity index (χ4v) is 3.51. The van der Waals surface area contributed by atoms with Gasteiger partial charge in [0.15, 0.2) is 0 Å². The Bertz CT molecular complexity index is 481. The molecule has 3 atom stereocenters. The SMILES string of the molecule is CC(CCS(C)=O)NC1CCCOc2cc(Br)ccc21. The Hall–Kier alpha value is -0.390. The van der Waals surface area contributed by atoms with Crippen LogP contribution in [0.25, 0.3) is 0 Å². The van der Waals surface area contributed by atoms with Crippen molar-refractivity contribution in [2.45, 2.75) is 38.3 Å². The summed E-state index contributed by atoms with van der Waals surface area (Å²) in [7, 11) is -0.715. The molecular weight excluding hydrogens is 338 g/mol. The molecule has 1 heterocycles. The molecule has 5 heteroatoms. The number of fused-ring (bicyclic) bond motifs is 1. The van der Waals surface area contributed by atoms with Crippen molar-refractivity contribution in [2.75, 3.05) is 18.6 Å². The summed E-state index contributed by atoms with van der Waals surface area (Å²) < 4.78 is 18.1. The van der Waals surface area contributed by atoms with Crippen molar-refractivity contribution in [3.63, 3.8) is 0 Å². The third kappa shape index (κ3) is 4.57. The van der Waals surface area contributed by atoms with Gasteiger partial charge >= 0.3 is 0 Å². The molecule has 3 nitrogen and oxygen atoms in total. The molecule has 2 rings (SSSR count). The van der Waals surface area contributed by atoms with Crippen LogP contribution in [0.2, 0.25) is 0 Å². The van der Waals surface area contributed by atoms with Crippen LogP contribution in [0.5, 0.6) is 5.75 Å². The summed E-state index contributed by atoms with van der Waals surface area (Å²) in [6, 6.07) is 6.92. The highest BCUT2D eigenvalue weighted by Crippen LogP contribution is 2.34. The summed E-state index contributed by atoms with van der Waals surface area (Å²) in [5.74, 6) is 1.73. The van der Waals surface area contributed by atoms with Crippen LogP contribution in [0.3, 0.4) is 0 Å². The Labute approximate surface area is 132 Å². The van der Waals surface area contributed by atoms with Crippen LogP contribution in [0.4, 0.5) is 0 Å². The smallest absolute Gasteiger partial charge is 0.125 e. The molecule has 0 spiro atoms. The van der Waals surface area contributed by atoms with Gasteiger partial charge in [0.25, 0.3) is 0 Å². The number of hydrogen-bond donors (Lipinski definition) is 1. The maximum absolute atomic E-state index is 11.2. The van der Waals surface area contributed by atoms with Crippen molar-refractivity contribution >= 4 is 26.7 Å². The quantitative estimate of drug-likeness (QED) is 0.875. The summed E-state index contributed by atoms with van der Waals surface area (Å²) in [5.41, 5.74) is 1.23. The lowest BCUT2D eigenvalue weighted by atomic mass is 10.0. The molecule has 112 valence electrons. The Morgan fingerprint density at radius 1 is 1.55 bits per heavy atom. The van der Waals surface area contributed by atoms with Crippen molar-refractivity contribution in [1.82, 2.24) is 5.32 Å². The Morgan fingerprint density at radius 2 is 2.35 bits per heavy atom. The summed E-state index contributed by atoms with van der Waals surface area (Å²) in [5, 5.41) is 3.66. The third-order valence-electron chi connectivity index (χ3n) is 3.57. The second-order valence-corrected chi connectivity index (χ2v) is 7.83. The lowest BCUT2D eigenvalue weighted by Gasteiger charge is -2.23. The number of benzene rings is 1. The van der Waals surface area contributed by atoms with Crippen molar-refractivity contribution in [3.8, 4) is 5.75 Å². The standard InChI is InChI=1S/C15H22BrNO2S/c1-11(7-9-20(2)18)17-14-4-3-8-19-15-10-12(16)5-6-13(14)15/h5-6,10-11,14,17H,3-4,7-9H2,1-2H3. The molecule has 0 saturated heterocycles. The van der Waals surface area contributed by atoms with E-state index in [2.05, 4.69) is 40.3 Å². The van der Waals surface area contributed by atoms with Gasteiger partial charge in [0.05, 0.1) is 6.61 Å². The van der Waals surface area contributed by atoms with Crippen molar-refractivity contribution < 1.29 is 8.95 Å². The summed E-state index contributed by atoms with van der Waals surface area (Å²) in [6.07, 6.45) is 4.83. The van der Waals surface area contributed by atoms with Crippen molar-refractivity contribution in [3.05, 3.63) is 28.2 Å². The predicted molar refractivity (Wildman–Crippen MR) is 87.8 cm³/mol. The van der Waals surface area contributed by atoms with Gasteiger partial charge in [0, 0.05) is 44.9 Å². The molecule has 0 radical (unpaired) electrons. The zero-order chi connectivity index (χ0) is 14.5. The number of hydrogen-bond acceptors (Lipinski definition) is 3. The number of nitrogens with one attached hydrogen (secondary N) is 1. The summed E-state index contributed by atoms with van der Waals surface area (Å²) in [4.78, 5) is 0. The minimum absolute atomic E-state index is 0.320. The normalized spacial score (nSPS) is 21.4. The van der Waals surface area contributed by atoms with Crippen molar-refractivity contribution in [1.29, 1.82) is 0 Å². The lowest BCUT2D eigenvalue weighted by molar-refractivity contribution is 0.314. The van der Waals surface area contributed by atoms with Gasteiger partial charge in [0.1, 0.15) is 5.75 Å². The first-order valence-corrected chi connectivity index (χ1v) is 9.56. The first-order valence-electron chi connectivity index (χ1n) is 7.04. The van der Waals surface area contributed by atoms with E-state index in [1.54, 1.807) is 6.26 Å². The molecule has 0 amide bonds. The average Bonchev–Trinajstić information content (AvgIpc) is 2.58. The summed E-state index contributed by atoms with van der Waals surface area (Å²) in [6.45, 7) is 2.94. The Balaban J connectivity index is 2.06. The van der Waals surface area contributed by atoms with Crippen LogP contribution >= 0.6 is 15.9 Å². The topological polar surface area (TPSA) is 38.3 Å². The Kier molecular flexibility index (Phi) is 6.05. The molecule has 3 unspecified atom stereocenters. The molecule has 20 heavy (non-hydrogen) atoms. The van der Waals surface area contributed by atoms with Crippen LogP contribution in [0.1, 0.15) is 37.8 Å². The Morgan fingerprint density at radius 3 is 3.10 bits per heavy atom. The van der Waals surface area contributed by atoms with Gasteiger partial charge in [-0.1, -0.05) is 22.0 Å². The number of ether oxygens (including phenoxy) is 1. The van der Waals surface area contributed by atoms with Gasteiger partial charge in [0.2, 0.25) is 0 Å². The van der Waals surface area contributed by atoms with E-state index < -0.39 is 10.8 Å². The average molecular weight is 360 g/mol. The van der Waals surface area contributed by atoms with Crippen LogP contribution in [-0.2, 0) is 10.8 Å². The molecule has 1 aliphatic heterocycles. The van der Waals surface area contributed by atoms with Crippen LogP contribution in [0, 0.1) is 0 Å². The van der Waals surface area contributed by atoms with E-state index in [4.69, 9.17) is 4.74 Å². The lowest BCUT2D eigenvalue weighted by Crippen LogP contribution is -2.31. The van der Waals surface area contributed by atoms with E-state index in [1.165, 1.54) is 5.56 Å². The molecule has 1 aromatic carbocycles. The maximum Gasteiger partial charge on any atom is 0.125 e. The van der Waals surface area contributed by atoms with E-state index in [0.717, 1.165) is 41.8 Å². The van der Waals surface area contributed by atoms with Gasteiger partial charge in [-0.2, -0.15) is 0 Å². The second-order valence-electron chi connectivity index (χ2n) is 5.36. The number of rotatable bonds is 5. The predicted octanol–water partition coefficient (Wildman–Crippen LogP) is 3.41. The maximum atomic E-state index is 11.2. The van der Waals surface area contributed by atoms with E-state index in [9.17, 15) is 4.21 Å². The molecule has 0 fully saturated rings. The van der Waals surface area contributed by atoms with E-state index >= 15 is 0 Å². The molecule has 1 N–H and O–H groups in total. The van der Waals surface area contributed by atoms with Crippen LogP contribution in [-0.4, -0.2) is 28.9 Å². The molecule has 1 aromatic rings. The minimum atomic E-state index is -0.715. The van der Waals surface area contributed by atoms with Gasteiger partial charge < -0.3 is 10.1 Å². The van der Waals surface area contributed by atoms with E-state index in [0.29, 0.717) is 12.1 Å². The third-order valence-corrected chi connectivity index (χ3v) is 4.87. The molecule has 0 bridgehead atoms. The highest BCUT2D eigenvalue weighted by molar-refractivity contribution is 9.10. The fraction of sp³-hybridized carbons (Fsp3) is 0.600. The van der Waals surface area contributed by atoms with Gasteiger partial charge in [-0.25, -0.2) is 0 Å². The zero-order valence-electron chi connectivity index (χ0n) is 12.0. The minimum Gasteiger partial charge on any atom is -0.493 e. The zero-order valence-corrected chi connectivity index (χ0v) is 14.4. The highest BCUT2D eigenvalue weighted by atomic mass is 79.9. The summed E-state index contributed by atoms with van der Waals surface area (Å²) >= 11 is 3.49. The molecule has 0 saturated carbocycles. The fourth-order valence-electron chi connectivity index (χ4n) is 2.49. The van der Waals surface area contributed by atoms with Gasteiger partial charge in [-0.05, 0) is 38.3 Å². The highest BCUT2D eigenvalue weighted by Gasteiger charge is 2.21. The molecule has 0 aromatic heterocycles. The first-order chi connectivity index (χ1) is 9.56. The van der Waals surface area contributed by atoms with Crippen LogP contribution in [0.15, 0.2) is 22.7 Å². The van der Waals surface area contributed by atoms with E-state index in [-0.39, 0.29) is 0 Å². The first kappa shape index (κ1) is 16.0. The van der Waals surface area contributed by atoms with Crippen molar-refractivity contribution in [2.24, 2.45) is 0 Å². The molecule has 0 aliphatic carbocycles. The molecule has 1 aliphatic rings.